The van der Waals surface area contributed by atoms with Gasteiger partial charge in [0.1, 0.15) is 4.21 Å². The third-order valence-corrected chi connectivity index (χ3v) is 5.87. The zero-order valence-electron chi connectivity index (χ0n) is 11.1. The molecule has 2 rings (SSSR count). The SMILES string of the molecule is CNCc1ccc(S(=O)(=O)Nc2cc(Cl)ccc2C)s1. The number of halogens is 1. The standard InChI is InChI=1S/C13H15ClN2O2S2/c1-9-3-4-10(14)7-12(9)16-20(17,18)13-6-5-11(19-13)8-15-2/h3-7,15-16H,8H2,1-2H3. The van der Waals surface area contributed by atoms with E-state index in [9.17, 15) is 8.42 Å². The van der Waals surface area contributed by atoms with Crippen molar-refractivity contribution in [3.8, 4) is 0 Å². The molecular weight excluding hydrogens is 316 g/mol. The molecule has 0 atom stereocenters. The summed E-state index contributed by atoms with van der Waals surface area (Å²) in [7, 11) is -1.75. The van der Waals surface area contributed by atoms with Gasteiger partial charge < -0.3 is 5.32 Å². The van der Waals surface area contributed by atoms with Gasteiger partial charge in [0.2, 0.25) is 0 Å². The van der Waals surface area contributed by atoms with Gasteiger partial charge in [-0.1, -0.05) is 17.7 Å². The molecule has 108 valence electrons. The Balaban J connectivity index is 2.28. The highest BCUT2D eigenvalue weighted by molar-refractivity contribution is 7.94. The Hall–Kier alpha value is -1.08. The molecule has 0 saturated heterocycles. The summed E-state index contributed by atoms with van der Waals surface area (Å²) < 4.78 is 27.5. The number of benzene rings is 1. The Kier molecular flexibility index (Phi) is 4.70. The fraction of sp³-hybridized carbons (Fsp3) is 0.231. The van der Waals surface area contributed by atoms with E-state index >= 15 is 0 Å². The third-order valence-electron chi connectivity index (χ3n) is 2.70. The van der Waals surface area contributed by atoms with Crippen LogP contribution in [-0.2, 0) is 16.6 Å². The van der Waals surface area contributed by atoms with Crippen molar-refractivity contribution in [3.05, 3.63) is 45.8 Å². The maximum atomic E-state index is 12.3. The lowest BCUT2D eigenvalue weighted by Gasteiger charge is -2.09. The number of aryl methyl sites for hydroxylation is 1. The maximum Gasteiger partial charge on any atom is 0.271 e. The van der Waals surface area contributed by atoms with E-state index in [0.717, 1.165) is 10.4 Å². The summed E-state index contributed by atoms with van der Waals surface area (Å²) in [5, 5.41) is 3.49. The summed E-state index contributed by atoms with van der Waals surface area (Å²) in [6.45, 7) is 2.48. The second-order valence-electron chi connectivity index (χ2n) is 4.32. The highest BCUT2D eigenvalue weighted by atomic mass is 35.5. The van der Waals surface area contributed by atoms with Crippen LogP contribution in [-0.4, -0.2) is 15.5 Å². The second kappa shape index (κ2) is 6.13. The van der Waals surface area contributed by atoms with Crippen molar-refractivity contribution < 1.29 is 8.42 Å². The molecule has 4 nitrogen and oxygen atoms in total. The van der Waals surface area contributed by atoms with Crippen LogP contribution in [0.3, 0.4) is 0 Å². The fourth-order valence-electron chi connectivity index (χ4n) is 1.67. The minimum absolute atomic E-state index is 0.294. The Labute approximate surface area is 127 Å². The van der Waals surface area contributed by atoms with Crippen molar-refractivity contribution in [2.45, 2.75) is 17.7 Å². The molecule has 1 aromatic heterocycles. The normalized spacial score (nSPS) is 11.6. The quantitative estimate of drug-likeness (QED) is 0.885. The van der Waals surface area contributed by atoms with E-state index in [4.69, 9.17) is 11.6 Å². The van der Waals surface area contributed by atoms with Crippen LogP contribution in [0.1, 0.15) is 10.4 Å². The van der Waals surface area contributed by atoms with Crippen LogP contribution in [0.5, 0.6) is 0 Å². The van der Waals surface area contributed by atoms with E-state index < -0.39 is 10.0 Å². The molecule has 7 heteroatoms. The average Bonchev–Trinajstić information content (AvgIpc) is 2.83. The smallest absolute Gasteiger partial charge is 0.271 e. The summed E-state index contributed by atoms with van der Waals surface area (Å²) in [5.41, 5.74) is 1.33. The summed E-state index contributed by atoms with van der Waals surface area (Å²) in [4.78, 5) is 0.968. The van der Waals surface area contributed by atoms with Gasteiger partial charge in [-0.25, -0.2) is 8.42 Å². The zero-order valence-corrected chi connectivity index (χ0v) is 13.5. The van der Waals surface area contributed by atoms with Gasteiger partial charge in [0.05, 0.1) is 5.69 Å². The first-order chi connectivity index (χ1) is 9.42. The molecule has 0 fully saturated rings. The van der Waals surface area contributed by atoms with E-state index in [-0.39, 0.29) is 0 Å². The molecule has 1 aromatic carbocycles. The number of rotatable bonds is 5. The molecule has 20 heavy (non-hydrogen) atoms. The van der Waals surface area contributed by atoms with E-state index in [1.165, 1.54) is 11.3 Å². The first-order valence-electron chi connectivity index (χ1n) is 5.94. The first-order valence-corrected chi connectivity index (χ1v) is 8.62. The van der Waals surface area contributed by atoms with Crippen molar-refractivity contribution in [1.82, 2.24) is 5.32 Å². The van der Waals surface area contributed by atoms with Crippen LogP contribution in [0.25, 0.3) is 0 Å². The molecule has 0 saturated carbocycles. The van der Waals surface area contributed by atoms with Gasteiger partial charge in [0.15, 0.2) is 0 Å². The highest BCUT2D eigenvalue weighted by Crippen LogP contribution is 2.27. The molecule has 0 radical (unpaired) electrons. The van der Waals surface area contributed by atoms with E-state index in [1.54, 1.807) is 30.3 Å². The van der Waals surface area contributed by atoms with Gasteiger partial charge in [0, 0.05) is 16.4 Å². The average molecular weight is 331 g/mol. The Morgan fingerprint density at radius 2 is 2.00 bits per heavy atom. The maximum absolute atomic E-state index is 12.3. The minimum atomic E-state index is -3.57. The third kappa shape index (κ3) is 3.52. The summed E-state index contributed by atoms with van der Waals surface area (Å²) in [5.74, 6) is 0. The molecule has 0 spiro atoms. The molecule has 0 aliphatic heterocycles. The minimum Gasteiger partial charge on any atom is -0.315 e. The predicted octanol–water partition coefficient (Wildman–Crippen LogP) is 3.23. The molecule has 1 heterocycles. The molecule has 0 aliphatic rings. The van der Waals surface area contributed by atoms with Crippen molar-refractivity contribution in [3.63, 3.8) is 0 Å². The van der Waals surface area contributed by atoms with Crippen molar-refractivity contribution in [2.75, 3.05) is 11.8 Å². The number of hydrogen-bond donors (Lipinski definition) is 2. The zero-order chi connectivity index (χ0) is 14.8. The number of thiophene rings is 1. The topological polar surface area (TPSA) is 58.2 Å². The molecule has 2 aromatic rings. The Morgan fingerprint density at radius 1 is 1.25 bits per heavy atom. The van der Waals surface area contributed by atoms with Gasteiger partial charge in [-0.15, -0.1) is 11.3 Å². The van der Waals surface area contributed by atoms with E-state index in [1.807, 2.05) is 14.0 Å². The van der Waals surface area contributed by atoms with Gasteiger partial charge >= 0.3 is 0 Å². The lowest BCUT2D eigenvalue weighted by atomic mass is 10.2. The number of sulfonamides is 1. The van der Waals surface area contributed by atoms with Gasteiger partial charge in [-0.2, -0.15) is 0 Å². The first kappa shape index (κ1) is 15.3. The van der Waals surface area contributed by atoms with Crippen molar-refractivity contribution >= 4 is 38.6 Å². The van der Waals surface area contributed by atoms with Crippen LogP contribution in [0.2, 0.25) is 5.02 Å². The number of hydrogen-bond acceptors (Lipinski definition) is 4. The second-order valence-corrected chi connectivity index (χ2v) is 7.83. The summed E-state index contributed by atoms with van der Waals surface area (Å²) >= 11 is 7.14. The van der Waals surface area contributed by atoms with Crippen LogP contribution in [0.4, 0.5) is 5.69 Å². The van der Waals surface area contributed by atoms with Gasteiger partial charge in [-0.05, 0) is 43.8 Å². The lowest BCUT2D eigenvalue weighted by molar-refractivity contribution is 0.603. The molecule has 0 bridgehead atoms. The molecule has 0 unspecified atom stereocenters. The highest BCUT2D eigenvalue weighted by Gasteiger charge is 2.17. The van der Waals surface area contributed by atoms with E-state index in [2.05, 4.69) is 10.0 Å². The summed E-state index contributed by atoms with van der Waals surface area (Å²) in [6, 6.07) is 8.53. The largest absolute Gasteiger partial charge is 0.315 e. The fourth-order valence-corrected chi connectivity index (χ4v) is 4.33. The van der Waals surface area contributed by atoms with Crippen molar-refractivity contribution in [1.29, 1.82) is 0 Å². The Bertz CT molecular complexity index is 711. The molecule has 2 N–H and O–H groups in total. The molecular formula is C13H15ClN2O2S2. The predicted molar refractivity (Wildman–Crippen MR) is 84.1 cm³/mol. The molecule has 0 aliphatic carbocycles. The van der Waals surface area contributed by atoms with Crippen LogP contribution in [0.15, 0.2) is 34.5 Å². The lowest BCUT2D eigenvalue weighted by Crippen LogP contribution is -2.12. The molecule has 0 amide bonds. The Morgan fingerprint density at radius 3 is 2.70 bits per heavy atom. The van der Waals surface area contributed by atoms with Crippen LogP contribution < -0.4 is 10.0 Å². The van der Waals surface area contributed by atoms with Gasteiger partial charge in [-0.3, -0.25) is 4.72 Å². The van der Waals surface area contributed by atoms with E-state index in [0.29, 0.717) is 21.5 Å². The van der Waals surface area contributed by atoms with Crippen LogP contribution in [0, 0.1) is 6.92 Å². The van der Waals surface area contributed by atoms with Gasteiger partial charge in [0.25, 0.3) is 10.0 Å². The summed E-state index contributed by atoms with van der Waals surface area (Å²) in [6.07, 6.45) is 0. The van der Waals surface area contributed by atoms with Crippen LogP contribution >= 0.6 is 22.9 Å². The number of nitrogens with one attached hydrogen (secondary N) is 2. The van der Waals surface area contributed by atoms with Crippen molar-refractivity contribution in [2.24, 2.45) is 0 Å². The number of anilines is 1. The monoisotopic (exact) mass is 330 g/mol.